The van der Waals surface area contributed by atoms with E-state index in [4.69, 9.17) is 9.47 Å². The van der Waals surface area contributed by atoms with Gasteiger partial charge in [-0.05, 0) is 42.0 Å². The Morgan fingerprint density at radius 3 is 2.59 bits per heavy atom. The first kappa shape index (κ1) is 16.6. The maximum atomic E-state index is 12.1. The van der Waals surface area contributed by atoms with E-state index >= 15 is 0 Å². The van der Waals surface area contributed by atoms with E-state index in [1.165, 1.54) is 16.9 Å². The zero-order valence-corrected chi connectivity index (χ0v) is 13.9. The molecule has 22 heavy (non-hydrogen) atoms. The van der Waals surface area contributed by atoms with Gasteiger partial charge in [-0.3, -0.25) is 0 Å². The molecule has 1 heterocycles. The van der Waals surface area contributed by atoms with Crippen molar-refractivity contribution < 1.29 is 14.3 Å². The number of aryl methyl sites for hydroxylation is 1. The molecule has 0 aliphatic carbocycles. The first-order valence-electron chi connectivity index (χ1n) is 7.70. The van der Waals surface area contributed by atoms with Crippen molar-refractivity contribution in [3.05, 3.63) is 51.7 Å². The monoisotopic (exact) mass is 318 g/mol. The average Bonchev–Trinajstić information content (AvgIpc) is 2.92. The lowest BCUT2D eigenvalue weighted by atomic mass is 10.0. The summed E-state index contributed by atoms with van der Waals surface area (Å²) in [6, 6.07) is 9.74. The molecule has 0 aliphatic heterocycles. The molecule has 0 fully saturated rings. The van der Waals surface area contributed by atoms with Crippen molar-refractivity contribution in [1.82, 2.24) is 0 Å². The molecule has 0 spiro atoms. The molecule has 0 amide bonds. The van der Waals surface area contributed by atoms with Crippen molar-refractivity contribution in [3.8, 4) is 5.75 Å². The molecule has 2 aromatic rings. The van der Waals surface area contributed by atoms with Crippen LogP contribution < -0.4 is 4.74 Å². The molecule has 0 saturated carbocycles. The Labute approximate surface area is 135 Å². The zero-order chi connectivity index (χ0) is 15.8. The Bertz CT molecular complexity index is 590. The molecule has 4 heteroatoms. The smallest absolute Gasteiger partial charge is 0.348 e. The number of rotatable bonds is 8. The van der Waals surface area contributed by atoms with Gasteiger partial charge in [0.1, 0.15) is 10.6 Å². The van der Waals surface area contributed by atoms with E-state index < -0.39 is 0 Å². The maximum Gasteiger partial charge on any atom is 0.348 e. The van der Waals surface area contributed by atoms with Crippen LogP contribution in [0.25, 0.3) is 0 Å². The van der Waals surface area contributed by atoms with E-state index in [1.807, 2.05) is 37.3 Å². The van der Waals surface area contributed by atoms with Gasteiger partial charge in [0.25, 0.3) is 0 Å². The molecule has 118 valence electrons. The molecule has 0 N–H and O–H groups in total. The van der Waals surface area contributed by atoms with Gasteiger partial charge in [-0.2, -0.15) is 0 Å². The fraction of sp³-hybridized carbons (Fsp3) is 0.389. The fourth-order valence-corrected chi connectivity index (χ4v) is 3.38. The van der Waals surface area contributed by atoms with Gasteiger partial charge in [-0.15, -0.1) is 11.3 Å². The van der Waals surface area contributed by atoms with Gasteiger partial charge in [0.2, 0.25) is 0 Å². The van der Waals surface area contributed by atoms with Crippen LogP contribution in [-0.4, -0.2) is 19.2 Å². The minimum Gasteiger partial charge on any atom is -0.493 e. The molecule has 2 rings (SSSR count). The highest BCUT2D eigenvalue weighted by molar-refractivity contribution is 7.12. The van der Waals surface area contributed by atoms with Crippen LogP contribution in [0.5, 0.6) is 5.75 Å². The Morgan fingerprint density at radius 2 is 1.91 bits per heavy atom. The van der Waals surface area contributed by atoms with Gasteiger partial charge in [0, 0.05) is 6.42 Å². The zero-order valence-electron chi connectivity index (χ0n) is 13.1. The summed E-state index contributed by atoms with van der Waals surface area (Å²) in [7, 11) is 0. The van der Waals surface area contributed by atoms with Crippen molar-refractivity contribution in [3.63, 3.8) is 0 Å². The van der Waals surface area contributed by atoms with E-state index in [1.54, 1.807) is 0 Å². The molecule has 0 saturated heterocycles. The third-order valence-electron chi connectivity index (χ3n) is 3.32. The van der Waals surface area contributed by atoms with Crippen LogP contribution in [0.2, 0.25) is 0 Å². The first-order valence-corrected chi connectivity index (χ1v) is 8.58. The van der Waals surface area contributed by atoms with E-state index in [9.17, 15) is 4.79 Å². The summed E-state index contributed by atoms with van der Waals surface area (Å²) in [5.41, 5.74) is 2.33. The Balaban J connectivity index is 2.06. The quantitative estimate of drug-likeness (QED) is 0.672. The fourth-order valence-electron chi connectivity index (χ4n) is 2.33. The molecule has 0 unspecified atom stereocenters. The van der Waals surface area contributed by atoms with Crippen molar-refractivity contribution in [2.75, 3.05) is 13.2 Å². The summed E-state index contributed by atoms with van der Waals surface area (Å²) in [6.45, 7) is 4.94. The SMILES string of the molecule is CCCc1csc(C(=O)OCC)c1CCOc1ccccc1. The summed E-state index contributed by atoms with van der Waals surface area (Å²) in [5, 5.41) is 2.08. The van der Waals surface area contributed by atoms with Gasteiger partial charge in [-0.25, -0.2) is 4.79 Å². The third kappa shape index (κ3) is 4.34. The Kier molecular flexibility index (Phi) is 6.46. The van der Waals surface area contributed by atoms with Gasteiger partial charge < -0.3 is 9.47 Å². The predicted molar refractivity (Wildman–Crippen MR) is 89.9 cm³/mol. The van der Waals surface area contributed by atoms with Crippen LogP contribution in [0.1, 0.15) is 41.1 Å². The Hall–Kier alpha value is -1.81. The van der Waals surface area contributed by atoms with Gasteiger partial charge in [-0.1, -0.05) is 31.5 Å². The highest BCUT2D eigenvalue weighted by atomic mass is 32.1. The first-order chi connectivity index (χ1) is 10.8. The lowest BCUT2D eigenvalue weighted by Gasteiger charge is -2.09. The van der Waals surface area contributed by atoms with Crippen molar-refractivity contribution in [2.24, 2.45) is 0 Å². The third-order valence-corrected chi connectivity index (χ3v) is 4.38. The van der Waals surface area contributed by atoms with Crippen LogP contribution in [0, 0.1) is 0 Å². The molecule has 3 nitrogen and oxygen atoms in total. The predicted octanol–water partition coefficient (Wildman–Crippen LogP) is 4.50. The molecule has 0 bridgehead atoms. The highest BCUT2D eigenvalue weighted by Gasteiger charge is 2.18. The van der Waals surface area contributed by atoms with Gasteiger partial charge in [0.15, 0.2) is 0 Å². The number of hydrogen-bond donors (Lipinski definition) is 0. The maximum absolute atomic E-state index is 12.1. The second-order valence-corrected chi connectivity index (χ2v) is 5.83. The summed E-state index contributed by atoms with van der Waals surface area (Å²) in [4.78, 5) is 12.8. The van der Waals surface area contributed by atoms with E-state index in [0.717, 1.165) is 35.5 Å². The number of carbonyl (C=O) groups is 1. The Morgan fingerprint density at radius 1 is 1.14 bits per heavy atom. The van der Waals surface area contributed by atoms with Crippen LogP contribution in [0.3, 0.4) is 0 Å². The number of esters is 1. The second kappa shape index (κ2) is 8.59. The molecule has 1 aromatic carbocycles. The van der Waals surface area contributed by atoms with E-state index in [0.29, 0.717) is 13.2 Å². The lowest BCUT2D eigenvalue weighted by molar-refractivity contribution is 0.0530. The summed E-state index contributed by atoms with van der Waals surface area (Å²) in [6.07, 6.45) is 2.77. The number of ether oxygens (including phenoxy) is 2. The molecular weight excluding hydrogens is 296 g/mol. The molecule has 0 radical (unpaired) electrons. The minimum absolute atomic E-state index is 0.218. The number of para-hydroxylation sites is 1. The summed E-state index contributed by atoms with van der Waals surface area (Å²) in [5.74, 6) is 0.636. The molecule has 0 aliphatic rings. The van der Waals surface area contributed by atoms with Crippen molar-refractivity contribution >= 4 is 17.3 Å². The van der Waals surface area contributed by atoms with Crippen LogP contribution in [0.15, 0.2) is 35.7 Å². The van der Waals surface area contributed by atoms with E-state index in [-0.39, 0.29) is 5.97 Å². The molecule has 1 aromatic heterocycles. The second-order valence-electron chi connectivity index (χ2n) is 4.95. The minimum atomic E-state index is -0.218. The lowest BCUT2D eigenvalue weighted by Crippen LogP contribution is -2.09. The number of carbonyl (C=O) groups excluding carboxylic acids is 1. The largest absolute Gasteiger partial charge is 0.493 e. The van der Waals surface area contributed by atoms with Crippen molar-refractivity contribution in [2.45, 2.75) is 33.1 Å². The number of benzene rings is 1. The van der Waals surface area contributed by atoms with Gasteiger partial charge >= 0.3 is 5.97 Å². The van der Waals surface area contributed by atoms with Gasteiger partial charge in [0.05, 0.1) is 13.2 Å². The normalized spacial score (nSPS) is 10.5. The molecule has 0 atom stereocenters. The van der Waals surface area contributed by atoms with E-state index in [2.05, 4.69) is 12.3 Å². The average molecular weight is 318 g/mol. The topological polar surface area (TPSA) is 35.5 Å². The summed E-state index contributed by atoms with van der Waals surface area (Å²) < 4.78 is 10.9. The highest BCUT2D eigenvalue weighted by Crippen LogP contribution is 2.26. The van der Waals surface area contributed by atoms with Crippen LogP contribution >= 0.6 is 11.3 Å². The van der Waals surface area contributed by atoms with Crippen LogP contribution in [0.4, 0.5) is 0 Å². The number of hydrogen-bond acceptors (Lipinski definition) is 4. The van der Waals surface area contributed by atoms with Crippen LogP contribution in [-0.2, 0) is 17.6 Å². The van der Waals surface area contributed by atoms with Crippen molar-refractivity contribution in [1.29, 1.82) is 0 Å². The molecular formula is C18H22O3S. The number of thiophene rings is 1. The summed E-state index contributed by atoms with van der Waals surface area (Å²) >= 11 is 1.48. The standard InChI is InChI=1S/C18H22O3S/c1-3-8-14-13-22-17(18(19)20-4-2)16(14)11-12-21-15-9-6-5-7-10-15/h5-7,9-10,13H,3-4,8,11-12H2,1-2H3.